The van der Waals surface area contributed by atoms with Crippen molar-refractivity contribution in [2.75, 3.05) is 24.9 Å². The van der Waals surface area contributed by atoms with Gasteiger partial charge in [-0.2, -0.15) is 0 Å². The molecule has 0 aliphatic carbocycles. The molecule has 0 amide bonds. The van der Waals surface area contributed by atoms with Crippen molar-refractivity contribution >= 4 is 57.0 Å². The standard InChI is InChI=1S/C27H21N5O2.C23H18ClN3O2/c1-34-27(33)20-12-10-18(11-13-20)14-30-26-24-22(19-6-3-2-4-7-19)8-5-9-23(24)31-25(32-26)21-15-28-17-29-16-21;1-29-22(28)17-12-10-15(11-13-17)14-25-21-20-18(16-6-3-2-4-7-16)8-5-9-19(20)26-23(24)27-21/h2-13,15-17H,14H2,1H3,(H,30,31,32);2-13H,14H2,1H3,(H,25,26,27). The molecule has 0 atom stereocenters. The van der Waals surface area contributed by atoms with Gasteiger partial charge in [-0.1, -0.05) is 109 Å². The highest BCUT2D eigenvalue weighted by atomic mass is 35.5. The molecule has 0 aliphatic heterocycles. The number of nitrogens with one attached hydrogen (secondary N) is 2. The van der Waals surface area contributed by atoms with Crippen LogP contribution < -0.4 is 10.6 Å². The lowest BCUT2D eigenvalue weighted by molar-refractivity contribution is 0.0592. The molecule has 0 saturated heterocycles. The largest absolute Gasteiger partial charge is 0.465 e. The molecule has 3 heterocycles. The number of hydrogen-bond donors (Lipinski definition) is 2. The highest BCUT2D eigenvalue weighted by Crippen LogP contribution is 2.35. The van der Waals surface area contributed by atoms with Crippen LogP contribution in [0, 0.1) is 0 Å². The number of esters is 2. The fraction of sp³-hybridized carbons (Fsp3) is 0.0800. The Balaban J connectivity index is 0.000000175. The van der Waals surface area contributed by atoms with Crippen molar-refractivity contribution in [1.82, 2.24) is 29.9 Å². The summed E-state index contributed by atoms with van der Waals surface area (Å²) >= 11 is 6.16. The summed E-state index contributed by atoms with van der Waals surface area (Å²) in [4.78, 5) is 50.0. The van der Waals surface area contributed by atoms with Gasteiger partial charge in [0.05, 0.1) is 52.7 Å². The number of anilines is 2. The number of hydrogen-bond acceptors (Lipinski definition) is 12. The van der Waals surface area contributed by atoms with Gasteiger partial charge in [-0.05, 0) is 81.4 Å². The first-order valence-electron chi connectivity index (χ1n) is 19.8. The molecule has 3 aromatic heterocycles. The van der Waals surface area contributed by atoms with Crippen LogP contribution in [0.5, 0.6) is 0 Å². The van der Waals surface area contributed by atoms with E-state index in [0.717, 1.165) is 60.8 Å². The third-order valence-electron chi connectivity index (χ3n) is 10.1. The van der Waals surface area contributed by atoms with Gasteiger partial charge >= 0.3 is 11.9 Å². The van der Waals surface area contributed by atoms with Crippen LogP contribution >= 0.6 is 11.6 Å². The number of halogens is 1. The summed E-state index contributed by atoms with van der Waals surface area (Å²) in [5.41, 5.74) is 9.58. The molecule has 6 aromatic carbocycles. The van der Waals surface area contributed by atoms with Gasteiger partial charge in [-0.25, -0.2) is 39.5 Å². The lowest BCUT2D eigenvalue weighted by Gasteiger charge is -2.14. The fourth-order valence-corrected chi connectivity index (χ4v) is 7.15. The minimum atomic E-state index is -0.358. The van der Waals surface area contributed by atoms with Crippen LogP contribution in [0.25, 0.3) is 55.4 Å². The molecule has 0 radical (unpaired) electrons. The van der Waals surface area contributed by atoms with Crippen LogP contribution in [-0.2, 0) is 22.6 Å². The molecule has 0 unspecified atom stereocenters. The summed E-state index contributed by atoms with van der Waals surface area (Å²) in [5, 5.41) is 8.87. The highest BCUT2D eigenvalue weighted by Gasteiger charge is 2.16. The Labute approximate surface area is 368 Å². The number of benzene rings is 6. The molecule has 0 bridgehead atoms. The van der Waals surface area contributed by atoms with E-state index in [1.165, 1.54) is 20.5 Å². The number of fused-ring (bicyclic) bond motifs is 2. The second kappa shape index (κ2) is 19.5. The van der Waals surface area contributed by atoms with E-state index in [-0.39, 0.29) is 17.2 Å². The molecule has 2 N–H and O–H groups in total. The van der Waals surface area contributed by atoms with Crippen molar-refractivity contribution in [1.29, 1.82) is 0 Å². The minimum Gasteiger partial charge on any atom is -0.465 e. The van der Waals surface area contributed by atoms with Crippen LogP contribution in [0.4, 0.5) is 11.6 Å². The normalized spacial score (nSPS) is 10.7. The number of ether oxygens (including phenoxy) is 2. The first kappa shape index (κ1) is 41.6. The van der Waals surface area contributed by atoms with Gasteiger partial charge in [-0.3, -0.25) is 0 Å². The minimum absolute atomic E-state index is 0.186. The predicted octanol–water partition coefficient (Wildman–Crippen LogP) is 10.5. The van der Waals surface area contributed by atoms with E-state index in [1.54, 1.807) is 36.7 Å². The Kier molecular flexibility index (Phi) is 12.9. The predicted molar refractivity (Wildman–Crippen MR) is 246 cm³/mol. The zero-order valence-electron chi connectivity index (χ0n) is 34.2. The Morgan fingerprint density at radius 2 is 0.968 bits per heavy atom. The van der Waals surface area contributed by atoms with Crippen molar-refractivity contribution < 1.29 is 19.1 Å². The molecule has 13 heteroatoms. The number of carbonyl (C=O) groups excluding carboxylic acids is 2. The maximum absolute atomic E-state index is 11.7. The van der Waals surface area contributed by atoms with Gasteiger partial charge in [0, 0.05) is 25.5 Å². The maximum Gasteiger partial charge on any atom is 0.337 e. The molecule has 9 rings (SSSR count). The molecule has 63 heavy (non-hydrogen) atoms. The van der Waals surface area contributed by atoms with Crippen molar-refractivity contribution in [2.45, 2.75) is 13.1 Å². The Morgan fingerprint density at radius 1 is 0.508 bits per heavy atom. The molecular formula is C50H39ClN8O4. The topological polar surface area (TPSA) is 154 Å². The van der Waals surface area contributed by atoms with Crippen molar-refractivity contribution in [3.8, 4) is 33.6 Å². The van der Waals surface area contributed by atoms with E-state index in [9.17, 15) is 9.59 Å². The van der Waals surface area contributed by atoms with E-state index in [1.807, 2.05) is 91.0 Å². The monoisotopic (exact) mass is 850 g/mol. The van der Waals surface area contributed by atoms with Gasteiger partial charge in [-0.15, -0.1) is 0 Å². The molecule has 0 spiro atoms. The smallest absolute Gasteiger partial charge is 0.337 e. The molecule has 0 saturated carbocycles. The number of methoxy groups -OCH3 is 2. The fourth-order valence-electron chi connectivity index (χ4n) is 6.98. The molecule has 0 aliphatic rings. The van der Waals surface area contributed by atoms with Gasteiger partial charge in [0.15, 0.2) is 5.82 Å². The lowest BCUT2D eigenvalue weighted by atomic mass is 10.0. The average molecular weight is 851 g/mol. The first-order valence-corrected chi connectivity index (χ1v) is 20.2. The highest BCUT2D eigenvalue weighted by molar-refractivity contribution is 6.29. The lowest BCUT2D eigenvalue weighted by Crippen LogP contribution is -2.06. The van der Waals surface area contributed by atoms with E-state index < -0.39 is 0 Å². The molecule has 12 nitrogen and oxygen atoms in total. The number of rotatable bonds is 11. The molecular weight excluding hydrogens is 812 g/mol. The number of carbonyl (C=O) groups is 2. The zero-order chi connectivity index (χ0) is 43.5. The van der Waals surface area contributed by atoms with Crippen molar-refractivity contribution in [3.05, 3.63) is 192 Å². The quantitative estimate of drug-likeness (QED) is 0.0940. The second-order valence-corrected chi connectivity index (χ2v) is 14.4. The summed E-state index contributed by atoms with van der Waals surface area (Å²) in [5.74, 6) is 1.20. The van der Waals surface area contributed by atoms with E-state index in [2.05, 4.69) is 60.9 Å². The van der Waals surface area contributed by atoms with Crippen molar-refractivity contribution in [3.63, 3.8) is 0 Å². The zero-order valence-corrected chi connectivity index (χ0v) is 35.0. The van der Waals surface area contributed by atoms with Gasteiger partial charge in [0.25, 0.3) is 0 Å². The maximum atomic E-state index is 11.7. The summed E-state index contributed by atoms with van der Waals surface area (Å²) in [6.45, 7) is 1.04. The van der Waals surface area contributed by atoms with Crippen molar-refractivity contribution in [2.24, 2.45) is 0 Å². The number of aromatic nitrogens is 6. The SMILES string of the molecule is COC(=O)c1ccc(CNc2nc(-c3cncnc3)nc3cccc(-c4ccccc4)c23)cc1.COC(=O)c1ccc(CNc2nc(Cl)nc3cccc(-c4ccccc4)c23)cc1. The first-order chi connectivity index (χ1) is 30.9. The van der Waals surface area contributed by atoms with E-state index >= 15 is 0 Å². The van der Waals surface area contributed by atoms with Crippen LogP contribution in [0.15, 0.2) is 164 Å². The van der Waals surface area contributed by atoms with Crippen LogP contribution in [0.2, 0.25) is 5.28 Å². The van der Waals surface area contributed by atoms with Crippen LogP contribution in [0.1, 0.15) is 31.8 Å². The Morgan fingerprint density at radius 3 is 1.44 bits per heavy atom. The second-order valence-electron chi connectivity index (χ2n) is 14.1. The average Bonchev–Trinajstić information content (AvgIpc) is 3.35. The summed E-state index contributed by atoms with van der Waals surface area (Å²) < 4.78 is 9.52. The van der Waals surface area contributed by atoms with E-state index in [4.69, 9.17) is 31.0 Å². The molecule has 0 fully saturated rings. The Bertz CT molecular complexity index is 3010. The van der Waals surface area contributed by atoms with Gasteiger partial charge < -0.3 is 20.1 Å². The van der Waals surface area contributed by atoms with Crippen LogP contribution in [-0.4, -0.2) is 56.1 Å². The third-order valence-corrected chi connectivity index (χ3v) is 10.2. The third kappa shape index (κ3) is 9.77. The van der Waals surface area contributed by atoms with Gasteiger partial charge in [0.2, 0.25) is 5.28 Å². The van der Waals surface area contributed by atoms with Crippen LogP contribution in [0.3, 0.4) is 0 Å². The number of nitrogens with zero attached hydrogens (tertiary/aromatic N) is 6. The Hall–Kier alpha value is -8.09. The molecule has 9 aromatic rings. The summed E-state index contributed by atoms with van der Waals surface area (Å²) in [6, 6.07) is 46.8. The molecule has 310 valence electrons. The van der Waals surface area contributed by atoms with E-state index in [0.29, 0.717) is 41.7 Å². The van der Waals surface area contributed by atoms with Gasteiger partial charge in [0.1, 0.15) is 18.0 Å². The summed E-state index contributed by atoms with van der Waals surface area (Å²) in [6.07, 6.45) is 4.88. The summed E-state index contributed by atoms with van der Waals surface area (Å²) in [7, 11) is 2.74.